The molecule has 0 saturated carbocycles. The molecule has 0 spiro atoms. The predicted octanol–water partition coefficient (Wildman–Crippen LogP) is 11.6. The highest BCUT2D eigenvalue weighted by molar-refractivity contribution is 6.56. The van der Waals surface area contributed by atoms with Crippen molar-refractivity contribution in [3.63, 3.8) is 0 Å². The Morgan fingerprint density at radius 3 is 0.825 bits per heavy atom. The van der Waals surface area contributed by atoms with Crippen LogP contribution in [0, 0.1) is 0 Å². The van der Waals surface area contributed by atoms with Crippen LogP contribution < -0.4 is 0 Å². The molecule has 0 radical (unpaired) electrons. The standard InChI is InChI=1S/C40H18/c1-5-19-7-3-11-24-30(19)22(9-1)33-26-15-13-21-14-16-27-34-23-10-2-6-20-8-4-12-25(31(20)23)36(34)29-18-17-28(35(24)33)39-37(26)32(21)38(27)40(29)39/h1-18H. The Bertz CT molecular complexity index is 2800. The third-order valence-corrected chi connectivity index (χ3v) is 10.4. The van der Waals surface area contributed by atoms with Gasteiger partial charge in [-0.05, 0) is 118 Å². The second-order valence-electron chi connectivity index (χ2n) is 11.9. The van der Waals surface area contributed by atoms with E-state index in [1.54, 1.807) is 0 Å². The SMILES string of the molecule is c1cc2cccc3c2c(c1)c1c2ccc4ccc5c6c7cccc8cccc(c87)c6c6ccc(c31)c1c2c4c5c61. The van der Waals surface area contributed by atoms with Crippen molar-refractivity contribution >= 4 is 118 Å². The van der Waals surface area contributed by atoms with Crippen molar-refractivity contribution < 1.29 is 0 Å². The van der Waals surface area contributed by atoms with Crippen molar-refractivity contribution in [3.05, 3.63) is 109 Å². The first-order chi connectivity index (χ1) is 19.9. The van der Waals surface area contributed by atoms with Gasteiger partial charge in [-0.1, -0.05) is 109 Å². The van der Waals surface area contributed by atoms with Gasteiger partial charge in [0, 0.05) is 0 Å². The Balaban J connectivity index is 1.51. The van der Waals surface area contributed by atoms with E-state index in [2.05, 4.69) is 109 Å². The lowest BCUT2D eigenvalue weighted by Gasteiger charge is -2.10. The number of rotatable bonds is 0. The van der Waals surface area contributed by atoms with E-state index in [1.807, 2.05) is 0 Å². The minimum atomic E-state index is 1.33. The Morgan fingerprint density at radius 1 is 0.175 bits per heavy atom. The van der Waals surface area contributed by atoms with Crippen molar-refractivity contribution in [1.29, 1.82) is 0 Å². The van der Waals surface area contributed by atoms with E-state index >= 15 is 0 Å². The lowest BCUT2D eigenvalue weighted by molar-refractivity contribution is 1.85. The normalized spacial score (nSPS) is 13.5. The Hall–Kier alpha value is -5.20. The zero-order chi connectivity index (χ0) is 25.4. The molecular weight excluding hydrogens is 480 g/mol. The van der Waals surface area contributed by atoms with Crippen LogP contribution in [0.5, 0.6) is 0 Å². The van der Waals surface area contributed by atoms with Gasteiger partial charge in [0.15, 0.2) is 0 Å². The van der Waals surface area contributed by atoms with Gasteiger partial charge in [-0.3, -0.25) is 0 Å². The molecule has 0 aromatic heterocycles. The largest absolute Gasteiger partial charge is 0.0610 e. The van der Waals surface area contributed by atoms with Crippen LogP contribution in [0.3, 0.4) is 0 Å². The summed E-state index contributed by atoms with van der Waals surface area (Å²) >= 11 is 0. The average Bonchev–Trinajstić information content (AvgIpc) is 3.66. The van der Waals surface area contributed by atoms with E-state index < -0.39 is 0 Å². The molecule has 0 atom stereocenters. The van der Waals surface area contributed by atoms with Crippen molar-refractivity contribution in [2.75, 3.05) is 0 Å². The maximum atomic E-state index is 2.45. The maximum absolute atomic E-state index is 2.45. The van der Waals surface area contributed by atoms with Gasteiger partial charge < -0.3 is 0 Å². The second-order valence-corrected chi connectivity index (χ2v) is 11.9. The van der Waals surface area contributed by atoms with E-state index in [-0.39, 0.29) is 0 Å². The molecule has 0 heterocycles. The van der Waals surface area contributed by atoms with E-state index in [1.165, 1.54) is 118 Å². The van der Waals surface area contributed by atoms with E-state index in [4.69, 9.17) is 0 Å². The van der Waals surface area contributed by atoms with Gasteiger partial charge in [0.2, 0.25) is 0 Å². The number of fused-ring (bicyclic) bond motifs is 10. The molecule has 0 bridgehead atoms. The van der Waals surface area contributed by atoms with Crippen LogP contribution in [0.4, 0.5) is 0 Å². The van der Waals surface area contributed by atoms with Crippen LogP contribution in [-0.4, -0.2) is 0 Å². The fourth-order valence-electron chi connectivity index (χ4n) is 9.07. The first-order valence-electron chi connectivity index (χ1n) is 14.2. The molecule has 0 N–H and O–H groups in total. The van der Waals surface area contributed by atoms with Crippen molar-refractivity contribution in [1.82, 2.24) is 0 Å². The summed E-state index contributed by atoms with van der Waals surface area (Å²) < 4.78 is 0. The van der Waals surface area contributed by atoms with Gasteiger partial charge in [0.25, 0.3) is 0 Å². The third-order valence-electron chi connectivity index (χ3n) is 10.4. The summed E-state index contributed by atoms with van der Waals surface area (Å²) in [5, 5.41) is 30.9. The molecular formula is C40H18. The van der Waals surface area contributed by atoms with Crippen LogP contribution in [0.25, 0.3) is 118 Å². The molecule has 0 saturated heterocycles. The molecule has 0 aliphatic heterocycles. The van der Waals surface area contributed by atoms with E-state index in [0.29, 0.717) is 0 Å². The van der Waals surface area contributed by atoms with Gasteiger partial charge >= 0.3 is 0 Å². The molecule has 0 unspecified atom stereocenters. The summed E-state index contributed by atoms with van der Waals surface area (Å²) in [6.45, 7) is 0. The fourth-order valence-corrected chi connectivity index (χ4v) is 9.07. The number of hydrogen-bond donors (Lipinski definition) is 0. The minimum Gasteiger partial charge on any atom is -0.0610 e. The lowest BCUT2D eigenvalue weighted by atomic mass is 9.92. The van der Waals surface area contributed by atoms with Crippen LogP contribution >= 0.6 is 0 Å². The molecule has 12 aromatic carbocycles. The maximum Gasteiger partial charge on any atom is -0.000695 e. The number of hydrogen-bond acceptors (Lipinski definition) is 0. The second kappa shape index (κ2) is 5.86. The van der Waals surface area contributed by atoms with Gasteiger partial charge in [0.05, 0.1) is 0 Å². The minimum absolute atomic E-state index is 1.33. The van der Waals surface area contributed by atoms with Gasteiger partial charge in [-0.15, -0.1) is 0 Å². The number of benzene rings is 9. The van der Waals surface area contributed by atoms with Crippen LogP contribution in [0.2, 0.25) is 0 Å². The van der Waals surface area contributed by atoms with Crippen LogP contribution in [-0.2, 0) is 0 Å². The van der Waals surface area contributed by atoms with Gasteiger partial charge in [-0.25, -0.2) is 0 Å². The zero-order valence-corrected chi connectivity index (χ0v) is 21.4. The fraction of sp³-hybridized carbons (Fsp3) is 0. The molecule has 0 nitrogen and oxygen atoms in total. The lowest BCUT2D eigenvalue weighted by Crippen LogP contribution is -1.81. The van der Waals surface area contributed by atoms with E-state index in [0.717, 1.165) is 0 Å². The first kappa shape index (κ1) is 19.0. The zero-order valence-electron chi connectivity index (χ0n) is 21.4. The smallest absolute Gasteiger partial charge is 0.000695 e. The summed E-state index contributed by atoms with van der Waals surface area (Å²) in [5.41, 5.74) is 0. The van der Waals surface area contributed by atoms with Crippen LogP contribution in [0.15, 0.2) is 109 Å². The Morgan fingerprint density at radius 2 is 0.450 bits per heavy atom. The highest BCUT2D eigenvalue weighted by Gasteiger charge is 2.28. The molecule has 0 aliphatic carbocycles. The quantitative estimate of drug-likeness (QED) is 0.182. The molecule has 0 aliphatic rings. The van der Waals surface area contributed by atoms with Gasteiger partial charge in [-0.2, -0.15) is 0 Å². The monoisotopic (exact) mass is 498 g/mol. The molecule has 178 valence electrons. The Labute approximate surface area is 227 Å². The summed E-state index contributed by atoms with van der Waals surface area (Å²) in [7, 11) is 0. The molecule has 12 aromatic rings. The molecule has 0 heteroatoms. The van der Waals surface area contributed by atoms with Crippen molar-refractivity contribution in [2.24, 2.45) is 0 Å². The summed E-state index contributed by atoms with van der Waals surface area (Å²) in [4.78, 5) is 0. The molecule has 0 amide bonds. The molecule has 40 heavy (non-hydrogen) atoms. The van der Waals surface area contributed by atoms with Crippen LogP contribution in [0.1, 0.15) is 0 Å². The van der Waals surface area contributed by atoms with Gasteiger partial charge in [0.1, 0.15) is 0 Å². The van der Waals surface area contributed by atoms with E-state index in [9.17, 15) is 0 Å². The Kier molecular flexibility index (Phi) is 2.77. The first-order valence-corrected chi connectivity index (χ1v) is 14.2. The van der Waals surface area contributed by atoms with Crippen molar-refractivity contribution in [3.8, 4) is 0 Å². The summed E-state index contributed by atoms with van der Waals surface area (Å²) in [6, 6.07) is 41.8. The molecule has 0 fully saturated rings. The van der Waals surface area contributed by atoms with Crippen molar-refractivity contribution in [2.45, 2.75) is 0 Å². The average molecular weight is 499 g/mol. The summed E-state index contributed by atoms with van der Waals surface area (Å²) in [6.07, 6.45) is 0. The highest BCUT2D eigenvalue weighted by atomic mass is 14.3. The topological polar surface area (TPSA) is 0 Å². The third kappa shape index (κ3) is 1.75. The summed E-state index contributed by atoms with van der Waals surface area (Å²) in [5.74, 6) is 0. The highest BCUT2D eigenvalue weighted by Crippen LogP contribution is 2.57. The molecule has 12 rings (SSSR count). The predicted molar refractivity (Wildman–Crippen MR) is 175 cm³/mol.